The number of anilines is 1. The van der Waals surface area contributed by atoms with Gasteiger partial charge in [0.05, 0.1) is 11.1 Å². The minimum atomic E-state index is -1.18. The van der Waals surface area contributed by atoms with E-state index in [4.69, 9.17) is 15.9 Å². The van der Waals surface area contributed by atoms with Gasteiger partial charge in [-0.2, -0.15) is 0 Å². The van der Waals surface area contributed by atoms with Crippen LogP contribution in [-0.2, 0) is 0 Å². The van der Waals surface area contributed by atoms with Crippen molar-refractivity contribution in [3.8, 4) is 0 Å². The van der Waals surface area contributed by atoms with Crippen LogP contribution >= 0.6 is 0 Å². The van der Waals surface area contributed by atoms with Crippen molar-refractivity contribution in [3.05, 3.63) is 41.5 Å². The van der Waals surface area contributed by atoms with Gasteiger partial charge >= 0.3 is 11.9 Å². The normalized spacial score (nSPS) is 9.26. The molecule has 19 heavy (non-hydrogen) atoms. The first kappa shape index (κ1) is 18.4. The fourth-order valence-electron chi connectivity index (χ4n) is 1.68. The largest absolute Gasteiger partial charge is 0.478 e. The molecule has 0 saturated carbocycles. The first-order chi connectivity index (χ1) is 7.99. The van der Waals surface area contributed by atoms with Crippen LogP contribution in [0.25, 0.3) is 10.8 Å². The quantitative estimate of drug-likeness (QED) is 0.563. The standard InChI is InChI=1S/C12H9NO4.2Na/c13-8-2-1-6-3-7(11(14)15)4-10(12(16)17)9(6)5-8;;/h1-5H,13H2,(H,14,15)(H,16,17);;. The summed E-state index contributed by atoms with van der Waals surface area (Å²) in [6.07, 6.45) is 0. The Bertz CT molecular complexity index is 643. The van der Waals surface area contributed by atoms with Crippen molar-refractivity contribution < 1.29 is 19.8 Å². The van der Waals surface area contributed by atoms with E-state index in [0.717, 1.165) is 6.07 Å². The van der Waals surface area contributed by atoms with Crippen LogP contribution in [0.15, 0.2) is 30.3 Å². The van der Waals surface area contributed by atoms with Gasteiger partial charge in [0.2, 0.25) is 0 Å². The molecule has 0 amide bonds. The van der Waals surface area contributed by atoms with Crippen LogP contribution in [0.2, 0.25) is 0 Å². The van der Waals surface area contributed by atoms with Crippen molar-refractivity contribution in [2.75, 3.05) is 5.73 Å². The number of nitrogen functional groups attached to an aromatic ring is 1. The van der Waals surface area contributed by atoms with Crippen LogP contribution in [0.3, 0.4) is 0 Å². The number of hydrogen-bond donors (Lipinski definition) is 3. The summed E-state index contributed by atoms with van der Waals surface area (Å²) in [7, 11) is 0. The number of fused-ring (bicyclic) bond motifs is 1. The van der Waals surface area contributed by atoms with Crippen molar-refractivity contribution in [2.45, 2.75) is 0 Å². The summed E-state index contributed by atoms with van der Waals surface area (Å²) < 4.78 is 0. The summed E-state index contributed by atoms with van der Waals surface area (Å²) >= 11 is 0. The zero-order valence-electron chi connectivity index (χ0n) is 10.7. The zero-order chi connectivity index (χ0) is 12.6. The number of benzene rings is 2. The molecular weight excluding hydrogens is 268 g/mol. The maximum Gasteiger partial charge on any atom is 0.336 e. The maximum absolute atomic E-state index is 11.1. The molecule has 0 unspecified atom stereocenters. The van der Waals surface area contributed by atoms with Crippen LogP contribution < -0.4 is 5.73 Å². The molecular formula is C12H9NNa2O4. The van der Waals surface area contributed by atoms with Gasteiger partial charge in [-0.1, -0.05) is 6.07 Å². The van der Waals surface area contributed by atoms with E-state index in [2.05, 4.69) is 0 Å². The molecule has 0 aliphatic rings. The van der Waals surface area contributed by atoms with Crippen LogP contribution in [0.5, 0.6) is 0 Å². The molecule has 0 bridgehead atoms. The van der Waals surface area contributed by atoms with Gasteiger partial charge < -0.3 is 15.9 Å². The minimum Gasteiger partial charge on any atom is -0.478 e. The van der Waals surface area contributed by atoms with Gasteiger partial charge in [-0.3, -0.25) is 0 Å². The number of carbonyl (C=O) groups is 2. The molecule has 0 fully saturated rings. The Morgan fingerprint density at radius 1 is 0.947 bits per heavy atom. The molecule has 2 aromatic rings. The van der Waals surface area contributed by atoms with E-state index in [1.807, 2.05) is 0 Å². The van der Waals surface area contributed by atoms with Crippen LogP contribution in [0.1, 0.15) is 20.7 Å². The van der Waals surface area contributed by atoms with E-state index in [1.54, 1.807) is 12.1 Å². The predicted octanol–water partition coefficient (Wildman–Crippen LogP) is 1.06. The van der Waals surface area contributed by atoms with Crippen molar-refractivity contribution in [2.24, 2.45) is 0 Å². The van der Waals surface area contributed by atoms with E-state index in [9.17, 15) is 9.59 Å². The Hall–Kier alpha value is -0.560. The second kappa shape index (κ2) is 7.28. The summed E-state index contributed by atoms with van der Waals surface area (Å²) in [5.41, 5.74) is 5.90. The zero-order valence-corrected chi connectivity index (χ0v) is 14.7. The average Bonchev–Trinajstić information content (AvgIpc) is 2.27. The van der Waals surface area contributed by atoms with Gasteiger partial charge in [0, 0.05) is 64.8 Å². The number of rotatable bonds is 2. The molecule has 2 rings (SSSR count). The van der Waals surface area contributed by atoms with Gasteiger partial charge in [0.1, 0.15) is 0 Å². The minimum absolute atomic E-state index is 0. The van der Waals surface area contributed by atoms with Crippen molar-refractivity contribution in [3.63, 3.8) is 0 Å². The fraction of sp³-hybridized carbons (Fsp3) is 0. The molecule has 88 valence electrons. The third kappa shape index (κ3) is 3.95. The topological polar surface area (TPSA) is 101 Å². The molecule has 0 spiro atoms. The molecule has 0 atom stereocenters. The van der Waals surface area contributed by atoms with Crippen molar-refractivity contribution in [1.82, 2.24) is 0 Å². The summed E-state index contributed by atoms with van der Waals surface area (Å²) in [6.45, 7) is 0. The molecule has 0 heterocycles. The van der Waals surface area contributed by atoms with Gasteiger partial charge in [-0.25, -0.2) is 9.59 Å². The molecule has 0 aliphatic carbocycles. The van der Waals surface area contributed by atoms with E-state index in [1.165, 1.54) is 12.1 Å². The molecule has 2 aromatic carbocycles. The first-order valence-electron chi connectivity index (χ1n) is 4.79. The summed E-state index contributed by atoms with van der Waals surface area (Å²) in [5.74, 6) is -2.34. The first-order valence-corrected chi connectivity index (χ1v) is 4.79. The second-order valence-corrected chi connectivity index (χ2v) is 3.61. The molecule has 2 radical (unpaired) electrons. The van der Waals surface area contributed by atoms with E-state index >= 15 is 0 Å². The SMILES string of the molecule is Nc1ccc2cc(C(=O)O)cc(C(=O)O)c2c1.[Na].[Na]. The summed E-state index contributed by atoms with van der Waals surface area (Å²) in [4.78, 5) is 21.9. The Kier molecular flexibility index (Phi) is 7.07. The number of carboxylic acid groups (broad SMARTS) is 2. The third-order valence-corrected chi connectivity index (χ3v) is 2.46. The van der Waals surface area contributed by atoms with Crippen molar-refractivity contribution >= 4 is 87.5 Å². The van der Waals surface area contributed by atoms with Crippen LogP contribution in [-0.4, -0.2) is 81.3 Å². The Morgan fingerprint density at radius 3 is 2.11 bits per heavy atom. The van der Waals surface area contributed by atoms with E-state index in [0.29, 0.717) is 16.5 Å². The Morgan fingerprint density at radius 2 is 1.58 bits per heavy atom. The van der Waals surface area contributed by atoms with Crippen LogP contribution in [0.4, 0.5) is 5.69 Å². The monoisotopic (exact) mass is 277 g/mol. The van der Waals surface area contributed by atoms with Gasteiger partial charge in [0.15, 0.2) is 0 Å². The smallest absolute Gasteiger partial charge is 0.336 e. The molecule has 0 aliphatic heterocycles. The van der Waals surface area contributed by atoms with Crippen molar-refractivity contribution in [1.29, 1.82) is 0 Å². The Balaban J connectivity index is 0.00000162. The van der Waals surface area contributed by atoms with Gasteiger partial charge in [0.25, 0.3) is 0 Å². The maximum atomic E-state index is 11.1. The molecule has 7 heteroatoms. The molecule has 5 nitrogen and oxygen atoms in total. The van der Waals surface area contributed by atoms with Crippen LogP contribution in [0, 0.1) is 0 Å². The Labute approximate surface area is 153 Å². The average molecular weight is 277 g/mol. The number of carboxylic acids is 2. The molecule has 0 saturated heterocycles. The summed E-state index contributed by atoms with van der Waals surface area (Å²) in [6, 6.07) is 7.27. The molecule has 4 N–H and O–H groups in total. The number of aromatic carboxylic acids is 2. The van der Waals surface area contributed by atoms with Gasteiger partial charge in [-0.15, -0.1) is 0 Å². The van der Waals surface area contributed by atoms with E-state index in [-0.39, 0.29) is 70.2 Å². The van der Waals surface area contributed by atoms with E-state index < -0.39 is 11.9 Å². The predicted molar refractivity (Wildman–Crippen MR) is 73.8 cm³/mol. The fourth-order valence-corrected chi connectivity index (χ4v) is 1.68. The summed E-state index contributed by atoms with van der Waals surface area (Å²) in [5, 5.41) is 18.9. The number of nitrogens with two attached hydrogens (primary N) is 1. The molecule has 0 aromatic heterocycles. The number of hydrogen-bond acceptors (Lipinski definition) is 3. The second-order valence-electron chi connectivity index (χ2n) is 3.61. The van der Waals surface area contributed by atoms with Gasteiger partial charge in [-0.05, 0) is 35.0 Å². The third-order valence-electron chi connectivity index (χ3n) is 2.46.